The molecule has 0 aliphatic rings. The summed E-state index contributed by atoms with van der Waals surface area (Å²) in [6, 6.07) is 2.77. The molecule has 0 spiro atoms. The molecule has 0 bridgehead atoms. The van der Waals surface area contributed by atoms with E-state index in [1.54, 1.807) is 6.92 Å². The largest absolute Gasteiger partial charge is 0.394 e. The molecule has 2 N–H and O–H groups in total. The second-order valence-electron chi connectivity index (χ2n) is 3.15. The molecule has 1 atom stereocenters. The molecule has 0 saturated carbocycles. The average molecular weight is 214 g/mol. The number of aliphatic hydroxyl groups excluding tert-OH is 1. The van der Waals surface area contributed by atoms with E-state index >= 15 is 0 Å². The first-order valence-electron chi connectivity index (χ1n) is 4.36. The zero-order chi connectivity index (χ0) is 11.4. The molecule has 0 radical (unpaired) electrons. The number of rotatable bonds is 4. The predicted molar refractivity (Wildman–Crippen MR) is 53.2 cm³/mol. The number of nitro groups is 1. The summed E-state index contributed by atoms with van der Waals surface area (Å²) in [5, 5.41) is 22.0. The summed E-state index contributed by atoms with van der Waals surface area (Å²) in [6.45, 7) is 1.45. The van der Waals surface area contributed by atoms with Crippen LogP contribution >= 0.6 is 0 Å². The number of hydrogen-bond donors (Lipinski definition) is 2. The predicted octanol–water partition coefficient (Wildman–Crippen LogP) is 1.53. The van der Waals surface area contributed by atoms with Crippen LogP contribution in [0.15, 0.2) is 18.2 Å². The molecule has 5 nitrogen and oxygen atoms in total. The highest BCUT2D eigenvalue weighted by atomic mass is 19.1. The van der Waals surface area contributed by atoms with Gasteiger partial charge in [0, 0.05) is 18.2 Å². The number of halogens is 1. The molecule has 0 amide bonds. The number of nitro benzene ring substituents is 1. The van der Waals surface area contributed by atoms with Crippen molar-refractivity contribution >= 4 is 11.4 Å². The standard InChI is InChI=1S/C9H11FN2O3/c1-6(5-13)11-8-4-7(10)2-3-9(8)12(14)15/h2-4,6,11,13H,5H2,1H3. The Morgan fingerprint density at radius 2 is 2.33 bits per heavy atom. The molecular formula is C9H11FN2O3. The molecular weight excluding hydrogens is 203 g/mol. The van der Waals surface area contributed by atoms with Crippen molar-refractivity contribution in [2.45, 2.75) is 13.0 Å². The van der Waals surface area contributed by atoms with Crippen molar-refractivity contribution in [3.63, 3.8) is 0 Å². The van der Waals surface area contributed by atoms with Gasteiger partial charge in [0.2, 0.25) is 0 Å². The van der Waals surface area contributed by atoms with Crippen molar-refractivity contribution < 1.29 is 14.4 Å². The van der Waals surface area contributed by atoms with Gasteiger partial charge in [-0.25, -0.2) is 4.39 Å². The Labute approximate surface area is 85.7 Å². The maximum Gasteiger partial charge on any atom is 0.292 e. The van der Waals surface area contributed by atoms with Gasteiger partial charge in [0.05, 0.1) is 11.5 Å². The monoisotopic (exact) mass is 214 g/mol. The summed E-state index contributed by atoms with van der Waals surface area (Å²) in [6.07, 6.45) is 0. The van der Waals surface area contributed by atoms with Crippen LogP contribution in [0.5, 0.6) is 0 Å². The Balaban J connectivity index is 3.02. The minimum absolute atomic E-state index is 0.0709. The number of benzene rings is 1. The van der Waals surface area contributed by atoms with Crippen molar-refractivity contribution in [2.75, 3.05) is 11.9 Å². The van der Waals surface area contributed by atoms with Crippen LogP contribution in [-0.2, 0) is 0 Å². The second kappa shape index (κ2) is 4.70. The summed E-state index contributed by atoms with van der Waals surface area (Å²) >= 11 is 0. The van der Waals surface area contributed by atoms with E-state index in [1.165, 1.54) is 0 Å². The lowest BCUT2D eigenvalue weighted by Crippen LogP contribution is -2.20. The van der Waals surface area contributed by atoms with E-state index in [4.69, 9.17) is 5.11 Å². The molecule has 0 heterocycles. The van der Waals surface area contributed by atoms with Gasteiger partial charge >= 0.3 is 0 Å². The van der Waals surface area contributed by atoms with Crippen molar-refractivity contribution in [1.29, 1.82) is 0 Å². The van der Waals surface area contributed by atoms with Gasteiger partial charge in [-0.3, -0.25) is 10.1 Å². The van der Waals surface area contributed by atoms with Gasteiger partial charge in [0.25, 0.3) is 5.69 Å². The minimum atomic E-state index is -0.605. The van der Waals surface area contributed by atoms with Gasteiger partial charge in [-0.05, 0) is 13.0 Å². The molecule has 0 aliphatic heterocycles. The fraction of sp³-hybridized carbons (Fsp3) is 0.333. The molecule has 0 aromatic heterocycles. The third-order valence-corrected chi connectivity index (χ3v) is 1.83. The van der Waals surface area contributed by atoms with Crippen LogP contribution < -0.4 is 5.32 Å². The van der Waals surface area contributed by atoms with E-state index in [9.17, 15) is 14.5 Å². The van der Waals surface area contributed by atoms with Gasteiger partial charge < -0.3 is 10.4 Å². The molecule has 1 rings (SSSR count). The number of aliphatic hydroxyl groups is 1. The molecule has 82 valence electrons. The normalized spacial score (nSPS) is 12.2. The molecule has 1 unspecified atom stereocenters. The van der Waals surface area contributed by atoms with E-state index in [2.05, 4.69) is 5.32 Å². The van der Waals surface area contributed by atoms with E-state index in [-0.39, 0.29) is 24.0 Å². The number of nitrogens with zero attached hydrogens (tertiary/aromatic N) is 1. The summed E-state index contributed by atoms with van der Waals surface area (Å²) in [5.74, 6) is -0.562. The van der Waals surface area contributed by atoms with E-state index in [0.29, 0.717) is 0 Å². The van der Waals surface area contributed by atoms with Crippen LogP contribution in [0, 0.1) is 15.9 Å². The van der Waals surface area contributed by atoms with Gasteiger partial charge in [-0.1, -0.05) is 0 Å². The number of nitrogens with one attached hydrogen (secondary N) is 1. The summed E-state index contributed by atoms with van der Waals surface area (Å²) in [4.78, 5) is 9.98. The van der Waals surface area contributed by atoms with Crippen LogP contribution in [0.2, 0.25) is 0 Å². The molecule has 0 saturated heterocycles. The molecule has 0 aliphatic carbocycles. The minimum Gasteiger partial charge on any atom is -0.394 e. The maximum atomic E-state index is 12.8. The van der Waals surface area contributed by atoms with Gasteiger partial charge in [0.15, 0.2) is 0 Å². The highest BCUT2D eigenvalue weighted by Crippen LogP contribution is 2.25. The lowest BCUT2D eigenvalue weighted by molar-refractivity contribution is -0.384. The van der Waals surface area contributed by atoms with Crippen molar-refractivity contribution in [1.82, 2.24) is 0 Å². The fourth-order valence-corrected chi connectivity index (χ4v) is 1.09. The molecule has 6 heteroatoms. The lowest BCUT2D eigenvalue weighted by Gasteiger charge is -2.12. The third kappa shape index (κ3) is 2.88. The zero-order valence-corrected chi connectivity index (χ0v) is 8.11. The second-order valence-corrected chi connectivity index (χ2v) is 3.15. The quantitative estimate of drug-likeness (QED) is 0.588. The van der Waals surface area contributed by atoms with Crippen LogP contribution in [0.3, 0.4) is 0 Å². The van der Waals surface area contributed by atoms with Crippen molar-refractivity contribution in [3.8, 4) is 0 Å². The Kier molecular flexibility index (Phi) is 3.56. The summed E-state index contributed by atoms with van der Waals surface area (Å²) in [7, 11) is 0. The van der Waals surface area contributed by atoms with E-state index in [1.807, 2.05) is 0 Å². The number of hydrogen-bond acceptors (Lipinski definition) is 4. The highest BCUT2D eigenvalue weighted by molar-refractivity contribution is 5.61. The lowest BCUT2D eigenvalue weighted by atomic mass is 10.2. The molecule has 0 fully saturated rings. The first kappa shape index (κ1) is 11.4. The first-order valence-corrected chi connectivity index (χ1v) is 4.36. The summed E-state index contributed by atoms with van der Waals surface area (Å²) < 4.78 is 12.8. The Hall–Kier alpha value is -1.69. The van der Waals surface area contributed by atoms with Crippen LogP contribution in [0.4, 0.5) is 15.8 Å². The SMILES string of the molecule is CC(CO)Nc1cc(F)ccc1[N+](=O)[O-]. The zero-order valence-electron chi connectivity index (χ0n) is 8.11. The Morgan fingerprint density at radius 3 is 2.87 bits per heavy atom. The topological polar surface area (TPSA) is 75.4 Å². The smallest absolute Gasteiger partial charge is 0.292 e. The van der Waals surface area contributed by atoms with Crippen LogP contribution in [-0.4, -0.2) is 22.7 Å². The van der Waals surface area contributed by atoms with Crippen molar-refractivity contribution in [2.24, 2.45) is 0 Å². The molecule has 1 aromatic rings. The molecule has 1 aromatic carbocycles. The maximum absolute atomic E-state index is 12.8. The Bertz CT molecular complexity index is 370. The van der Waals surface area contributed by atoms with E-state index in [0.717, 1.165) is 18.2 Å². The fourth-order valence-electron chi connectivity index (χ4n) is 1.09. The summed E-state index contributed by atoms with van der Waals surface area (Å²) in [5.41, 5.74) is -0.141. The van der Waals surface area contributed by atoms with E-state index < -0.39 is 10.7 Å². The van der Waals surface area contributed by atoms with Crippen LogP contribution in [0.25, 0.3) is 0 Å². The molecule has 15 heavy (non-hydrogen) atoms. The van der Waals surface area contributed by atoms with Gasteiger partial charge in [0.1, 0.15) is 11.5 Å². The van der Waals surface area contributed by atoms with Crippen molar-refractivity contribution in [3.05, 3.63) is 34.1 Å². The Morgan fingerprint density at radius 1 is 1.67 bits per heavy atom. The average Bonchev–Trinajstić information content (AvgIpc) is 2.17. The third-order valence-electron chi connectivity index (χ3n) is 1.83. The number of anilines is 1. The van der Waals surface area contributed by atoms with Crippen LogP contribution in [0.1, 0.15) is 6.92 Å². The van der Waals surface area contributed by atoms with Gasteiger partial charge in [-0.15, -0.1) is 0 Å². The highest BCUT2D eigenvalue weighted by Gasteiger charge is 2.15. The first-order chi connectivity index (χ1) is 7.04. The van der Waals surface area contributed by atoms with Gasteiger partial charge in [-0.2, -0.15) is 0 Å².